The van der Waals surface area contributed by atoms with Crippen molar-refractivity contribution in [3.8, 4) is 0 Å². The molecule has 0 bridgehead atoms. The quantitative estimate of drug-likeness (QED) is 0.224. The van der Waals surface area contributed by atoms with E-state index in [0.29, 0.717) is 13.1 Å². The average Bonchev–Trinajstić information content (AvgIpc) is 3.14. The molecule has 0 radical (unpaired) electrons. The predicted molar refractivity (Wildman–Crippen MR) is 145 cm³/mol. The molecule has 33 heavy (non-hydrogen) atoms. The summed E-state index contributed by atoms with van der Waals surface area (Å²) in [6, 6.07) is 16.8. The topological polar surface area (TPSA) is 73.0 Å². The van der Waals surface area contributed by atoms with Gasteiger partial charge in [0.15, 0.2) is 5.96 Å². The highest BCUT2D eigenvalue weighted by molar-refractivity contribution is 14.0. The summed E-state index contributed by atoms with van der Waals surface area (Å²) in [5.74, 6) is 1.72. The van der Waals surface area contributed by atoms with Crippen LogP contribution >= 0.6 is 24.0 Å². The van der Waals surface area contributed by atoms with Gasteiger partial charge in [0.2, 0.25) is 0 Å². The number of aliphatic imine (C=N–C) groups is 1. The summed E-state index contributed by atoms with van der Waals surface area (Å²) in [5, 5.41) is 17.5. The molecule has 1 aromatic heterocycles. The van der Waals surface area contributed by atoms with Gasteiger partial charge >= 0.3 is 0 Å². The number of benzene rings is 2. The monoisotopic (exact) mass is 562 g/mol. The number of piperidine rings is 1. The molecule has 6 nitrogen and oxygen atoms in total. The number of para-hydroxylation sites is 1. The summed E-state index contributed by atoms with van der Waals surface area (Å²) in [5.41, 5.74) is 4.58. The van der Waals surface area contributed by atoms with Gasteiger partial charge in [-0.05, 0) is 43.9 Å². The number of halogens is 1. The van der Waals surface area contributed by atoms with Crippen LogP contribution in [-0.2, 0) is 19.6 Å². The van der Waals surface area contributed by atoms with E-state index in [0.717, 1.165) is 61.7 Å². The first-order valence-electron chi connectivity index (χ1n) is 11.6. The van der Waals surface area contributed by atoms with E-state index in [1.165, 1.54) is 16.7 Å². The second-order valence-corrected chi connectivity index (χ2v) is 8.52. The summed E-state index contributed by atoms with van der Waals surface area (Å²) in [4.78, 5) is 7.16. The maximum absolute atomic E-state index is 9.67. The lowest BCUT2D eigenvalue weighted by atomic mass is 10.1. The minimum atomic E-state index is -0.123. The SMILES string of the molecule is CCNC(=NCc1ccc(CN2CCC(O)CC2)cc1)NCc1oc2ccccc2c1C.I. The molecule has 1 aliphatic heterocycles. The lowest BCUT2D eigenvalue weighted by Crippen LogP contribution is -2.36. The molecule has 0 atom stereocenters. The third kappa shape index (κ3) is 6.94. The van der Waals surface area contributed by atoms with Gasteiger partial charge in [-0.1, -0.05) is 42.5 Å². The molecule has 0 aliphatic carbocycles. The predicted octanol–water partition coefficient (Wildman–Crippen LogP) is 4.57. The molecule has 178 valence electrons. The Morgan fingerprint density at radius 3 is 2.45 bits per heavy atom. The van der Waals surface area contributed by atoms with Crippen molar-refractivity contribution in [2.24, 2.45) is 4.99 Å². The fraction of sp³-hybridized carbons (Fsp3) is 0.423. The van der Waals surface area contributed by atoms with Gasteiger partial charge in [-0.3, -0.25) is 4.90 Å². The number of rotatable bonds is 7. The molecule has 2 aromatic carbocycles. The van der Waals surface area contributed by atoms with Gasteiger partial charge in [0.05, 0.1) is 19.2 Å². The van der Waals surface area contributed by atoms with Crippen molar-refractivity contribution in [1.82, 2.24) is 15.5 Å². The Labute approximate surface area is 213 Å². The smallest absolute Gasteiger partial charge is 0.191 e. The zero-order valence-electron chi connectivity index (χ0n) is 19.5. The number of aryl methyl sites for hydroxylation is 1. The van der Waals surface area contributed by atoms with Gasteiger partial charge in [-0.2, -0.15) is 0 Å². The zero-order valence-corrected chi connectivity index (χ0v) is 21.8. The molecule has 0 unspecified atom stereocenters. The Morgan fingerprint density at radius 1 is 1.06 bits per heavy atom. The molecular formula is C26H35IN4O2. The Kier molecular flexibility index (Phi) is 9.58. The standard InChI is InChI=1S/C26H34N4O2.HI/c1-3-27-26(29-17-25-19(2)23-6-4-5-7-24(23)32-25)28-16-20-8-10-21(11-9-20)18-30-14-12-22(31)13-15-30;/h4-11,22,31H,3,12-18H2,1-2H3,(H2,27,28,29);1H. The van der Waals surface area contributed by atoms with Crippen LogP contribution in [0.5, 0.6) is 0 Å². The summed E-state index contributed by atoms with van der Waals surface area (Å²) >= 11 is 0. The Hall–Kier alpha value is -2.10. The fourth-order valence-electron chi connectivity index (χ4n) is 4.16. The molecule has 1 aliphatic rings. The molecule has 3 aromatic rings. The second kappa shape index (κ2) is 12.4. The minimum Gasteiger partial charge on any atom is -0.459 e. The van der Waals surface area contributed by atoms with Crippen molar-refractivity contribution in [3.63, 3.8) is 0 Å². The van der Waals surface area contributed by atoms with Crippen LogP contribution in [0.3, 0.4) is 0 Å². The van der Waals surface area contributed by atoms with E-state index in [-0.39, 0.29) is 30.1 Å². The minimum absolute atomic E-state index is 0. The third-order valence-electron chi connectivity index (χ3n) is 6.11. The van der Waals surface area contributed by atoms with E-state index in [1.54, 1.807) is 0 Å². The van der Waals surface area contributed by atoms with Crippen LogP contribution in [0.15, 0.2) is 57.9 Å². The number of hydrogen-bond donors (Lipinski definition) is 3. The average molecular weight is 562 g/mol. The van der Waals surface area contributed by atoms with E-state index in [2.05, 4.69) is 59.7 Å². The Balaban J connectivity index is 0.00000306. The van der Waals surface area contributed by atoms with Crippen molar-refractivity contribution < 1.29 is 9.52 Å². The maximum Gasteiger partial charge on any atom is 0.191 e. The van der Waals surface area contributed by atoms with Gasteiger partial charge in [0, 0.05) is 37.1 Å². The first kappa shape index (κ1) is 25.5. The van der Waals surface area contributed by atoms with Crippen LogP contribution in [0, 0.1) is 6.92 Å². The number of furan rings is 1. The zero-order chi connectivity index (χ0) is 22.3. The molecule has 2 heterocycles. The highest BCUT2D eigenvalue weighted by Gasteiger charge is 2.16. The van der Waals surface area contributed by atoms with Crippen molar-refractivity contribution in [3.05, 3.63) is 71.0 Å². The summed E-state index contributed by atoms with van der Waals surface area (Å²) in [6.07, 6.45) is 1.63. The van der Waals surface area contributed by atoms with Crippen LogP contribution < -0.4 is 10.6 Å². The van der Waals surface area contributed by atoms with Gasteiger partial charge in [0.25, 0.3) is 0 Å². The van der Waals surface area contributed by atoms with Gasteiger partial charge in [0.1, 0.15) is 11.3 Å². The van der Waals surface area contributed by atoms with Crippen LogP contribution in [-0.4, -0.2) is 41.7 Å². The number of likely N-dealkylation sites (tertiary alicyclic amines) is 1. The van der Waals surface area contributed by atoms with Gasteiger partial charge < -0.3 is 20.2 Å². The van der Waals surface area contributed by atoms with Crippen molar-refractivity contribution in [2.75, 3.05) is 19.6 Å². The molecule has 4 rings (SSSR count). The molecule has 0 saturated carbocycles. The van der Waals surface area contributed by atoms with E-state index in [9.17, 15) is 5.11 Å². The highest BCUT2D eigenvalue weighted by atomic mass is 127. The number of aliphatic hydroxyl groups excluding tert-OH is 1. The van der Waals surface area contributed by atoms with E-state index in [1.807, 2.05) is 18.2 Å². The van der Waals surface area contributed by atoms with Gasteiger partial charge in [-0.15, -0.1) is 24.0 Å². The fourth-order valence-corrected chi connectivity index (χ4v) is 4.16. The van der Waals surface area contributed by atoms with Gasteiger partial charge in [-0.25, -0.2) is 4.99 Å². The largest absolute Gasteiger partial charge is 0.459 e. The second-order valence-electron chi connectivity index (χ2n) is 8.52. The maximum atomic E-state index is 9.67. The Bertz CT molecular complexity index is 1040. The van der Waals surface area contributed by atoms with Crippen LogP contribution in [0.25, 0.3) is 11.0 Å². The lowest BCUT2D eigenvalue weighted by molar-refractivity contribution is 0.0792. The first-order valence-corrected chi connectivity index (χ1v) is 11.6. The Morgan fingerprint density at radius 2 is 1.76 bits per heavy atom. The van der Waals surface area contributed by atoms with E-state index >= 15 is 0 Å². The number of nitrogens with one attached hydrogen (secondary N) is 2. The molecule has 1 fully saturated rings. The van der Waals surface area contributed by atoms with E-state index < -0.39 is 0 Å². The molecule has 3 N–H and O–H groups in total. The number of guanidine groups is 1. The highest BCUT2D eigenvalue weighted by Crippen LogP contribution is 2.24. The number of nitrogens with zero attached hydrogens (tertiary/aromatic N) is 2. The molecule has 7 heteroatoms. The number of fused-ring (bicyclic) bond motifs is 1. The third-order valence-corrected chi connectivity index (χ3v) is 6.11. The molecule has 0 spiro atoms. The molecule has 0 amide bonds. The summed E-state index contributed by atoms with van der Waals surface area (Å²) in [6.45, 7) is 9.05. The van der Waals surface area contributed by atoms with Crippen molar-refractivity contribution in [1.29, 1.82) is 0 Å². The van der Waals surface area contributed by atoms with Crippen molar-refractivity contribution in [2.45, 2.75) is 52.4 Å². The van der Waals surface area contributed by atoms with Crippen LogP contribution in [0.2, 0.25) is 0 Å². The van der Waals surface area contributed by atoms with Crippen LogP contribution in [0.4, 0.5) is 0 Å². The summed E-state index contributed by atoms with van der Waals surface area (Å²) in [7, 11) is 0. The van der Waals surface area contributed by atoms with Crippen molar-refractivity contribution >= 4 is 40.9 Å². The summed E-state index contributed by atoms with van der Waals surface area (Å²) < 4.78 is 6.01. The van der Waals surface area contributed by atoms with E-state index in [4.69, 9.17) is 9.41 Å². The molecule has 1 saturated heterocycles. The normalized spacial score (nSPS) is 15.4. The first-order chi connectivity index (χ1) is 15.6. The number of hydrogen-bond acceptors (Lipinski definition) is 4. The number of aliphatic hydroxyl groups is 1. The lowest BCUT2D eigenvalue weighted by Gasteiger charge is -2.29. The van der Waals surface area contributed by atoms with Crippen LogP contribution in [0.1, 0.15) is 42.2 Å². The molecular weight excluding hydrogens is 527 g/mol.